The van der Waals surface area contributed by atoms with Gasteiger partial charge in [-0.2, -0.15) is 0 Å². The summed E-state index contributed by atoms with van der Waals surface area (Å²) in [6, 6.07) is 12.9. The predicted molar refractivity (Wildman–Crippen MR) is 108 cm³/mol. The second kappa shape index (κ2) is 8.26. The van der Waals surface area contributed by atoms with E-state index in [2.05, 4.69) is 5.32 Å². The Morgan fingerprint density at radius 2 is 1.89 bits per heavy atom. The first kappa shape index (κ1) is 19.6. The zero-order valence-corrected chi connectivity index (χ0v) is 16.1. The van der Waals surface area contributed by atoms with Crippen LogP contribution in [0.4, 0.5) is 20.6 Å². The number of carbonyl (C=O) groups is 3. The number of halogens is 1. The lowest BCUT2D eigenvalue weighted by Crippen LogP contribution is -2.36. The van der Waals surface area contributed by atoms with E-state index in [9.17, 15) is 18.8 Å². The highest BCUT2D eigenvalue weighted by atomic mass is 32.2. The van der Waals surface area contributed by atoms with Gasteiger partial charge in [-0.25, -0.2) is 4.39 Å². The molecule has 144 valence electrons. The summed E-state index contributed by atoms with van der Waals surface area (Å²) in [5.74, 6) is -1.60. The second-order valence-corrected chi connectivity index (χ2v) is 7.31. The molecule has 6 nitrogen and oxygen atoms in total. The van der Waals surface area contributed by atoms with Crippen LogP contribution in [0.3, 0.4) is 0 Å². The molecule has 0 unspecified atom stereocenters. The van der Waals surface area contributed by atoms with Crippen LogP contribution < -0.4 is 10.2 Å². The van der Waals surface area contributed by atoms with Crippen molar-refractivity contribution in [1.29, 1.82) is 0 Å². The van der Waals surface area contributed by atoms with Crippen molar-refractivity contribution in [3.05, 3.63) is 64.8 Å². The van der Waals surface area contributed by atoms with Gasteiger partial charge in [0.2, 0.25) is 5.91 Å². The number of nitrogens with one attached hydrogen (secondary N) is 1. The van der Waals surface area contributed by atoms with E-state index in [4.69, 9.17) is 0 Å². The molecule has 1 aliphatic heterocycles. The van der Waals surface area contributed by atoms with Crippen LogP contribution in [0.1, 0.15) is 5.56 Å². The van der Waals surface area contributed by atoms with Crippen molar-refractivity contribution in [3.63, 3.8) is 0 Å². The van der Waals surface area contributed by atoms with Crippen molar-refractivity contribution < 1.29 is 18.8 Å². The molecular formula is C20H18FN3O3S. The van der Waals surface area contributed by atoms with Gasteiger partial charge in [-0.15, -0.1) is 0 Å². The SMILES string of the molecule is CN(C)c1ccc(/C=C2/SC(=O)N(CC(=O)Nc3cccc(F)c3)C2=O)cc1. The highest BCUT2D eigenvalue weighted by molar-refractivity contribution is 8.18. The molecule has 0 aromatic heterocycles. The van der Waals surface area contributed by atoms with Crippen molar-refractivity contribution >= 4 is 46.3 Å². The van der Waals surface area contributed by atoms with Crippen LogP contribution in [0.15, 0.2) is 53.4 Å². The fraction of sp³-hybridized carbons (Fsp3) is 0.150. The highest BCUT2D eigenvalue weighted by Crippen LogP contribution is 2.32. The minimum Gasteiger partial charge on any atom is -0.378 e. The number of hydrogen-bond acceptors (Lipinski definition) is 5. The molecule has 1 fully saturated rings. The van der Waals surface area contributed by atoms with Gasteiger partial charge in [-0.05, 0) is 53.7 Å². The quantitative estimate of drug-likeness (QED) is 0.779. The van der Waals surface area contributed by atoms with Crippen molar-refractivity contribution in [3.8, 4) is 0 Å². The Balaban J connectivity index is 1.68. The van der Waals surface area contributed by atoms with Gasteiger partial charge < -0.3 is 10.2 Å². The van der Waals surface area contributed by atoms with Gasteiger partial charge in [0.1, 0.15) is 12.4 Å². The molecule has 0 spiro atoms. The Bertz CT molecular complexity index is 957. The van der Waals surface area contributed by atoms with Gasteiger partial charge in [0.05, 0.1) is 4.91 Å². The molecule has 1 saturated heterocycles. The average Bonchev–Trinajstić information content (AvgIpc) is 2.89. The van der Waals surface area contributed by atoms with Crippen LogP contribution in [0.25, 0.3) is 6.08 Å². The Hall–Kier alpha value is -3.13. The third-order valence-corrected chi connectivity index (χ3v) is 4.90. The third-order valence-electron chi connectivity index (χ3n) is 3.99. The lowest BCUT2D eigenvalue weighted by Gasteiger charge is -2.12. The standard InChI is InChI=1S/C20H18FN3O3S/c1-23(2)16-8-6-13(7-9-16)10-17-19(26)24(20(27)28-17)12-18(25)22-15-5-3-4-14(21)11-15/h3-11H,12H2,1-2H3,(H,22,25)/b17-10+. The van der Waals surface area contributed by atoms with Crippen LogP contribution in [-0.4, -0.2) is 42.6 Å². The number of anilines is 2. The number of thioether (sulfide) groups is 1. The van der Waals surface area contributed by atoms with E-state index in [1.165, 1.54) is 18.2 Å². The first-order valence-corrected chi connectivity index (χ1v) is 9.23. The number of carbonyl (C=O) groups excluding carboxylic acids is 3. The topological polar surface area (TPSA) is 69.7 Å². The number of hydrogen-bond donors (Lipinski definition) is 1. The lowest BCUT2D eigenvalue weighted by atomic mass is 10.2. The van der Waals surface area contributed by atoms with Gasteiger partial charge in [0, 0.05) is 25.5 Å². The first-order valence-electron chi connectivity index (χ1n) is 8.41. The molecule has 28 heavy (non-hydrogen) atoms. The van der Waals surface area contributed by atoms with Crippen molar-refractivity contribution in [1.82, 2.24) is 4.90 Å². The maximum atomic E-state index is 13.2. The zero-order valence-electron chi connectivity index (χ0n) is 15.3. The van der Waals surface area contributed by atoms with Crippen LogP contribution in [0, 0.1) is 5.82 Å². The molecule has 0 saturated carbocycles. The van der Waals surface area contributed by atoms with Gasteiger partial charge in [0.25, 0.3) is 11.1 Å². The minimum atomic E-state index is -0.579. The summed E-state index contributed by atoms with van der Waals surface area (Å²) >= 11 is 0.786. The normalized spacial score (nSPS) is 15.2. The molecule has 2 aromatic rings. The summed E-state index contributed by atoms with van der Waals surface area (Å²) in [4.78, 5) is 39.9. The first-order chi connectivity index (χ1) is 13.3. The van der Waals surface area contributed by atoms with E-state index in [0.29, 0.717) is 0 Å². The molecule has 2 aromatic carbocycles. The molecule has 3 amide bonds. The minimum absolute atomic E-state index is 0.251. The summed E-state index contributed by atoms with van der Waals surface area (Å²) in [5, 5.41) is 1.96. The Morgan fingerprint density at radius 3 is 2.54 bits per heavy atom. The Labute approximate surface area is 166 Å². The van der Waals surface area contributed by atoms with E-state index in [0.717, 1.165) is 34.0 Å². The number of nitrogens with zero attached hydrogens (tertiary/aromatic N) is 2. The maximum absolute atomic E-state index is 13.2. The monoisotopic (exact) mass is 399 g/mol. The molecule has 3 rings (SSSR count). The fourth-order valence-electron chi connectivity index (χ4n) is 2.57. The number of rotatable bonds is 5. The second-order valence-electron chi connectivity index (χ2n) is 6.31. The lowest BCUT2D eigenvalue weighted by molar-refractivity contribution is -0.127. The molecule has 8 heteroatoms. The summed E-state index contributed by atoms with van der Waals surface area (Å²) in [7, 11) is 3.85. The van der Waals surface area contributed by atoms with Crippen LogP contribution in [0.5, 0.6) is 0 Å². The molecule has 0 bridgehead atoms. The molecule has 1 heterocycles. The smallest absolute Gasteiger partial charge is 0.294 e. The zero-order chi connectivity index (χ0) is 20.3. The van der Waals surface area contributed by atoms with Crippen molar-refractivity contribution in [2.45, 2.75) is 0 Å². The predicted octanol–water partition coefficient (Wildman–Crippen LogP) is 3.57. The van der Waals surface area contributed by atoms with Crippen LogP contribution in [-0.2, 0) is 9.59 Å². The van der Waals surface area contributed by atoms with Crippen LogP contribution >= 0.6 is 11.8 Å². The van der Waals surface area contributed by atoms with E-state index < -0.39 is 29.4 Å². The van der Waals surface area contributed by atoms with Crippen LogP contribution in [0.2, 0.25) is 0 Å². The van der Waals surface area contributed by atoms with Gasteiger partial charge in [0.15, 0.2) is 0 Å². The molecule has 0 aliphatic carbocycles. The Kier molecular flexibility index (Phi) is 5.79. The van der Waals surface area contributed by atoms with Crippen molar-refractivity contribution in [2.75, 3.05) is 30.9 Å². The molecule has 0 radical (unpaired) electrons. The number of imide groups is 1. The third kappa shape index (κ3) is 4.58. The molecule has 1 N–H and O–H groups in total. The van der Waals surface area contributed by atoms with Crippen molar-refractivity contribution in [2.24, 2.45) is 0 Å². The molecule has 0 atom stereocenters. The largest absolute Gasteiger partial charge is 0.378 e. The average molecular weight is 399 g/mol. The molecule has 1 aliphatic rings. The summed E-state index contributed by atoms with van der Waals surface area (Å²) < 4.78 is 13.2. The van der Waals surface area contributed by atoms with E-state index in [1.807, 2.05) is 43.3 Å². The van der Waals surface area contributed by atoms with E-state index in [1.54, 1.807) is 6.08 Å². The summed E-state index contributed by atoms with van der Waals surface area (Å²) in [6.45, 7) is -0.432. The summed E-state index contributed by atoms with van der Waals surface area (Å²) in [5.41, 5.74) is 2.05. The summed E-state index contributed by atoms with van der Waals surface area (Å²) in [6.07, 6.45) is 1.62. The van der Waals surface area contributed by atoms with Gasteiger partial charge in [-0.1, -0.05) is 18.2 Å². The Morgan fingerprint density at radius 1 is 1.18 bits per heavy atom. The highest BCUT2D eigenvalue weighted by Gasteiger charge is 2.36. The number of benzene rings is 2. The maximum Gasteiger partial charge on any atom is 0.294 e. The van der Waals surface area contributed by atoms with E-state index >= 15 is 0 Å². The van der Waals surface area contributed by atoms with Gasteiger partial charge in [-0.3, -0.25) is 19.3 Å². The fourth-order valence-corrected chi connectivity index (χ4v) is 3.41. The number of amides is 3. The van der Waals surface area contributed by atoms with Gasteiger partial charge >= 0.3 is 0 Å². The van der Waals surface area contributed by atoms with E-state index in [-0.39, 0.29) is 10.6 Å². The molecular weight excluding hydrogens is 381 g/mol.